The van der Waals surface area contributed by atoms with Crippen molar-refractivity contribution in [2.75, 3.05) is 22.5 Å². The molecule has 6 aromatic carbocycles. The highest BCUT2D eigenvalue weighted by Crippen LogP contribution is 2.36. The third kappa shape index (κ3) is 17.7. The van der Waals surface area contributed by atoms with E-state index < -0.39 is 48.0 Å². The molecular formula is C54H59ClF6N4O4S2. The first-order chi connectivity index (χ1) is 33.6. The second kappa shape index (κ2) is 24.8. The molecule has 0 amide bonds. The first-order valence-electron chi connectivity index (χ1n) is 23.4. The molecule has 71 heavy (non-hydrogen) atoms. The number of halogens is 7. The second-order valence-corrected chi connectivity index (χ2v) is 22.3. The Labute approximate surface area is 418 Å². The van der Waals surface area contributed by atoms with Gasteiger partial charge in [0.1, 0.15) is 0 Å². The van der Waals surface area contributed by atoms with Crippen molar-refractivity contribution in [2.24, 2.45) is 11.8 Å². The number of benzene rings is 6. The van der Waals surface area contributed by atoms with E-state index in [0.29, 0.717) is 58.7 Å². The summed E-state index contributed by atoms with van der Waals surface area (Å²) in [6, 6.07) is 40.8. The summed E-state index contributed by atoms with van der Waals surface area (Å²) >= 11 is 0. The van der Waals surface area contributed by atoms with Gasteiger partial charge in [-0.15, -0.1) is 0 Å². The number of rotatable bonds is 15. The summed E-state index contributed by atoms with van der Waals surface area (Å²) in [6.45, 7) is 6.18. The van der Waals surface area contributed by atoms with E-state index in [1.807, 2.05) is 48.5 Å². The number of anilines is 2. The average molecular weight is 1040 g/mol. The summed E-state index contributed by atoms with van der Waals surface area (Å²) in [5.74, 6) is 0.764. The number of hydrogen-bond acceptors (Lipinski definition) is 6. The van der Waals surface area contributed by atoms with Crippen molar-refractivity contribution < 1.29 is 43.2 Å². The quantitative estimate of drug-likeness (QED) is 0.0601. The minimum absolute atomic E-state index is 0.00879. The summed E-state index contributed by atoms with van der Waals surface area (Å²) in [6.07, 6.45) is -1.14. The predicted octanol–water partition coefficient (Wildman–Crippen LogP) is 13.9. The Morgan fingerprint density at radius 2 is 0.972 bits per heavy atom. The van der Waals surface area contributed by atoms with Gasteiger partial charge in [-0.2, -0.15) is 34.8 Å². The van der Waals surface area contributed by atoms with Crippen LogP contribution in [0.15, 0.2) is 146 Å². The zero-order valence-electron chi connectivity index (χ0n) is 39.5. The molecule has 6 aromatic rings. The molecule has 2 atom stereocenters. The molecule has 4 N–H and O–H groups in total. The smallest absolute Gasteiger partial charge is 0.312 e. The van der Waals surface area contributed by atoms with Gasteiger partial charge in [0.25, 0.3) is 0 Å². The first kappa shape index (κ1) is 54.9. The van der Waals surface area contributed by atoms with Crippen LogP contribution in [0, 0.1) is 25.7 Å². The summed E-state index contributed by atoms with van der Waals surface area (Å²) in [5.41, 5.74) is 5.66. The van der Waals surface area contributed by atoms with Gasteiger partial charge in [-0.05, 0) is 170 Å². The molecule has 0 heterocycles. The van der Waals surface area contributed by atoms with Gasteiger partial charge in [0.15, 0.2) is 0 Å². The van der Waals surface area contributed by atoms with Crippen LogP contribution in [0.4, 0.5) is 37.7 Å². The molecule has 0 saturated heterocycles. The highest BCUT2D eigenvalue weighted by atomic mass is 35.7. The van der Waals surface area contributed by atoms with E-state index in [9.17, 15) is 43.2 Å². The number of para-hydroxylation sites is 2. The molecule has 380 valence electrons. The number of alkyl halides is 6. The van der Waals surface area contributed by atoms with Crippen LogP contribution in [0.5, 0.6) is 0 Å². The number of nitrogens with one attached hydrogen (secondary N) is 4. The van der Waals surface area contributed by atoms with Crippen LogP contribution in [0.25, 0.3) is 22.3 Å². The molecule has 0 aliphatic heterocycles. The van der Waals surface area contributed by atoms with Crippen LogP contribution in [-0.4, -0.2) is 35.2 Å². The monoisotopic (exact) mass is 1040 g/mol. The van der Waals surface area contributed by atoms with Gasteiger partial charge in [0.05, 0.1) is 16.4 Å². The Morgan fingerprint density at radius 1 is 0.507 bits per heavy atom. The van der Waals surface area contributed by atoms with E-state index in [2.05, 4.69) is 20.1 Å². The molecule has 8 rings (SSSR count). The van der Waals surface area contributed by atoms with Crippen molar-refractivity contribution in [1.29, 1.82) is 0 Å². The molecule has 0 radical (unpaired) electrons. The Morgan fingerprint density at radius 3 is 1.44 bits per heavy atom. The normalized spacial score (nSPS) is 16.4. The largest absolute Gasteiger partial charge is 0.416 e. The molecule has 0 aromatic heterocycles. The lowest BCUT2D eigenvalue weighted by Gasteiger charge is -2.21. The Balaban J connectivity index is 0.000000198. The van der Waals surface area contributed by atoms with Crippen molar-refractivity contribution >= 4 is 41.3 Å². The van der Waals surface area contributed by atoms with E-state index in [1.165, 1.54) is 43.9 Å². The van der Waals surface area contributed by atoms with Gasteiger partial charge in [0.2, 0.25) is 10.0 Å². The molecule has 2 fully saturated rings. The lowest BCUT2D eigenvalue weighted by Crippen LogP contribution is -2.36. The fraction of sp³-hybridized carbons (Fsp3) is 0.333. The maximum absolute atomic E-state index is 13.2. The van der Waals surface area contributed by atoms with Crippen LogP contribution in [-0.2, 0) is 44.7 Å². The predicted molar refractivity (Wildman–Crippen MR) is 274 cm³/mol. The molecule has 2 aliphatic carbocycles. The SMILES string of the molecule is Cc1cc(-c2cccc(CNCC3CCCC3)c2)cc(C(F)(F)F)c1.Cc1cc(-c2cccc(CNC[C@@H]3CCCC3S(=O)(=O)Nc3ccccc3)c2)cc(C(F)(F)F)c1.O=S(=O)(Cl)Nc1ccccc1. The van der Waals surface area contributed by atoms with E-state index in [0.717, 1.165) is 54.6 Å². The Bertz CT molecular complexity index is 2880. The van der Waals surface area contributed by atoms with Crippen molar-refractivity contribution in [3.63, 3.8) is 0 Å². The fourth-order valence-electron chi connectivity index (χ4n) is 9.02. The summed E-state index contributed by atoms with van der Waals surface area (Å²) < 4.78 is 130. The van der Waals surface area contributed by atoms with E-state index >= 15 is 0 Å². The van der Waals surface area contributed by atoms with Crippen LogP contribution >= 0.6 is 10.7 Å². The van der Waals surface area contributed by atoms with Crippen molar-refractivity contribution in [1.82, 2.24) is 10.6 Å². The van der Waals surface area contributed by atoms with Crippen molar-refractivity contribution in [3.8, 4) is 22.3 Å². The zero-order valence-corrected chi connectivity index (χ0v) is 41.9. The lowest BCUT2D eigenvalue weighted by molar-refractivity contribution is -0.138. The van der Waals surface area contributed by atoms with E-state index in [4.69, 9.17) is 10.7 Å². The highest BCUT2D eigenvalue weighted by Gasteiger charge is 2.37. The number of hydrogen-bond donors (Lipinski definition) is 4. The Hall–Kier alpha value is -5.39. The second-order valence-electron chi connectivity index (χ2n) is 18.1. The van der Waals surface area contributed by atoms with Gasteiger partial charge in [-0.1, -0.05) is 104 Å². The van der Waals surface area contributed by atoms with Crippen molar-refractivity contribution in [3.05, 3.63) is 179 Å². The number of sulfonamides is 1. The van der Waals surface area contributed by atoms with Gasteiger partial charge in [0, 0.05) is 35.1 Å². The standard InChI is InChI=1S/C27H29F3N2O2S.C21H24F3N.C6H6ClNO2S/c1-19-13-23(16-24(14-19)27(28,29)30)21-8-5-7-20(15-21)17-31-18-22-9-6-12-26(22)35(33,34)32-25-10-3-2-4-11-25;1-15-9-19(12-20(10-15)21(22,23)24)18-8-4-7-17(11-18)14-25-13-16-5-2-3-6-16;7-11(9,10)8-6-4-2-1-3-5-6/h2-5,7-8,10-11,13-16,22,26,31-32H,6,9,12,17-18H2,1H3;4,7-12,16,25H,2-3,5-6,13-14H2,1H3;1-5,8H/t22-,26?;;/m0../s1. The van der Waals surface area contributed by atoms with Gasteiger partial charge in [-0.25, -0.2) is 8.42 Å². The topological polar surface area (TPSA) is 116 Å². The molecular weight excluding hydrogens is 982 g/mol. The van der Waals surface area contributed by atoms with Crippen molar-refractivity contribution in [2.45, 2.75) is 89.5 Å². The third-order valence-electron chi connectivity index (χ3n) is 12.3. The van der Waals surface area contributed by atoms with Crippen LogP contribution in [0.3, 0.4) is 0 Å². The summed E-state index contributed by atoms with van der Waals surface area (Å²) in [4.78, 5) is 0. The summed E-state index contributed by atoms with van der Waals surface area (Å²) in [5, 5.41) is 6.39. The van der Waals surface area contributed by atoms with Gasteiger partial charge >= 0.3 is 21.6 Å². The van der Waals surface area contributed by atoms with Crippen LogP contribution < -0.4 is 20.1 Å². The van der Waals surface area contributed by atoms with Crippen LogP contribution in [0.1, 0.15) is 78.3 Å². The highest BCUT2D eigenvalue weighted by molar-refractivity contribution is 8.14. The summed E-state index contributed by atoms with van der Waals surface area (Å²) in [7, 11) is -2.23. The zero-order chi connectivity index (χ0) is 51.2. The maximum Gasteiger partial charge on any atom is 0.416 e. The maximum atomic E-state index is 13.2. The molecule has 2 saturated carbocycles. The average Bonchev–Trinajstić information content (AvgIpc) is 4.02. The van der Waals surface area contributed by atoms with Gasteiger partial charge in [-0.3, -0.25) is 9.44 Å². The molecule has 17 heteroatoms. The van der Waals surface area contributed by atoms with Gasteiger partial charge < -0.3 is 10.6 Å². The van der Waals surface area contributed by atoms with E-state index in [1.54, 1.807) is 86.6 Å². The molecule has 0 spiro atoms. The lowest BCUT2D eigenvalue weighted by atomic mass is 9.98. The first-order valence-corrected chi connectivity index (χ1v) is 27.3. The minimum atomic E-state index is -4.40. The molecule has 2 aliphatic rings. The molecule has 8 nitrogen and oxygen atoms in total. The minimum Gasteiger partial charge on any atom is -0.312 e. The van der Waals surface area contributed by atoms with E-state index in [-0.39, 0.29) is 5.92 Å². The Kier molecular flexibility index (Phi) is 19.2. The molecule has 0 bridgehead atoms. The fourth-order valence-corrected chi connectivity index (χ4v) is 11.5. The molecule has 1 unspecified atom stereocenters. The number of aryl methyl sites for hydroxylation is 2. The third-order valence-corrected chi connectivity index (χ3v) is 15.0. The van der Waals surface area contributed by atoms with Crippen LogP contribution in [0.2, 0.25) is 0 Å².